The molecule has 0 fully saturated rings. The number of benzene rings is 2. The van der Waals surface area contributed by atoms with E-state index >= 15 is 0 Å². The van der Waals surface area contributed by atoms with E-state index < -0.39 is 5.97 Å². The average Bonchev–Trinajstić information content (AvgIpc) is 2.47. The molecule has 4 heteroatoms. The SMILES string of the molecule is Cc1c(-c2ccc(C(=O)O)cc2)ncc2cc(O)ccc12. The summed E-state index contributed by atoms with van der Waals surface area (Å²) in [7, 11) is 0. The Morgan fingerprint density at radius 2 is 1.81 bits per heavy atom. The largest absolute Gasteiger partial charge is 0.508 e. The Labute approximate surface area is 121 Å². The van der Waals surface area contributed by atoms with Crippen LogP contribution in [0, 0.1) is 6.92 Å². The van der Waals surface area contributed by atoms with Crippen molar-refractivity contribution in [3.05, 3.63) is 59.8 Å². The van der Waals surface area contributed by atoms with Gasteiger partial charge in [0.2, 0.25) is 0 Å². The predicted molar refractivity (Wildman–Crippen MR) is 80.5 cm³/mol. The van der Waals surface area contributed by atoms with Gasteiger partial charge in [0, 0.05) is 17.1 Å². The summed E-state index contributed by atoms with van der Waals surface area (Å²) in [6.45, 7) is 1.97. The van der Waals surface area contributed by atoms with Crippen LogP contribution in [0.5, 0.6) is 5.75 Å². The molecule has 0 aliphatic rings. The van der Waals surface area contributed by atoms with Gasteiger partial charge in [-0.05, 0) is 42.1 Å². The zero-order valence-electron chi connectivity index (χ0n) is 11.4. The summed E-state index contributed by atoms with van der Waals surface area (Å²) in [5, 5.41) is 20.3. The number of carboxylic acids is 1. The number of aromatic carboxylic acids is 1. The molecule has 0 aliphatic heterocycles. The van der Waals surface area contributed by atoms with Crippen LogP contribution in [0.3, 0.4) is 0 Å². The molecule has 21 heavy (non-hydrogen) atoms. The fourth-order valence-electron chi connectivity index (χ4n) is 2.42. The number of aromatic hydroxyl groups is 1. The number of carbonyl (C=O) groups is 1. The Kier molecular flexibility index (Phi) is 3.06. The van der Waals surface area contributed by atoms with Crippen LogP contribution >= 0.6 is 0 Å². The summed E-state index contributed by atoms with van der Waals surface area (Å²) in [5.74, 6) is -0.734. The number of phenols is 1. The van der Waals surface area contributed by atoms with Crippen LogP contribution in [0.4, 0.5) is 0 Å². The topological polar surface area (TPSA) is 70.4 Å². The molecular weight excluding hydrogens is 266 g/mol. The third-order valence-corrected chi connectivity index (χ3v) is 3.53. The number of rotatable bonds is 2. The number of phenolic OH excluding ortho intramolecular Hbond substituents is 1. The van der Waals surface area contributed by atoms with Gasteiger partial charge >= 0.3 is 5.97 Å². The van der Waals surface area contributed by atoms with Gasteiger partial charge < -0.3 is 10.2 Å². The first-order chi connectivity index (χ1) is 10.1. The summed E-state index contributed by atoms with van der Waals surface area (Å²) in [6.07, 6.45) is 1.71. The van der Waals surface area contributed by atoms with Gasteiger partial charge in [0.25, 0.3) is 0 Å². The molecule has 1 heterocycles. The van der Waals surface area contributed by atoms with E-state index in [1.54, 1.807) is 42.6 Å². The van der Waals surface area contributed by atoms with Gasteiger partial charge in [-0.3, -0.25) is 4.98 Å². The highest BCUT2D eigenvalue weighted by atomic mass is 16.4. The molecule has 3 rings (SSSR count). The van der Waals surface area contributed by atoms with E-state index in [4.69, 9.17) is 5.11 Å². The van der Waals surface area contributed by atoms with Crippen LogP contribution < -0.4 is 0 Å². The van der Waals surface area contributed by atoms with Gasteiger partial charge in [-0.1, -0.05) is 18.2 Å². The number of hydrogen-bond acceptors (Lipinski definition) is 3. The first kappa shape index (κ1) is 13.1. The van der Waals surface area contributed by atoms with Crippen molar-refractivity contribution in [3.63, 3.8) is 0 Å². The summed E-state index contributed by atoms with van der Waals surface area (Å²) < 4.78 is 0. The van der Waals surface area contributed by atoms with Crippen molar-refractivity contribution >= 4 is 16.7 Å². The van der Waals surface area contributed by atoms with Crippen molar-refractivity contribution < 1.29 is 15.0 Å². The van der Waals surface area contributed by atoms with Crippen LogP contribution in [0.2, 0.25) is 0 Å². The van der Waals surface area contributed by atoms with Crippen molar-refractivity contribution in [1.29, 1.82) is 0 Å². The van der Waals surface area contributed by atoms with E-state index in [9.17, 15) is 9.90 Å². The van der Waals surface area contributed by atoms with Crippen molar-refractivity contribution in [2.75, 3.05) is 0 Å². The van der Waals surface area contributed by atoms with E-state index in [2.05, 4.69) is 4.98 Å². The fraction of sp³-hybridized carbons (Fsp3) is 0.0588. The Morgan fingerprint density at radius 3 is 2.48 bits per heavy atom. The molecule has 0 aliphatic carbocycles. The molecule has 0 radical (unpaired) electrons. The Morgan fingerprint density at radius 1 is 1.10 bits per heavy atom. The van der Waals surface area contributed by atoms with Gasteiger partial charge in [0.1, 0.15) is 5.75 Å². The summed E-state index contributed by atoms with van der Waals surface area (Å²) >= 11 is 0. The number of pyridine rings is 1. The van der Waals surface area contributed by atoms with Gasteiger partial charge in [0.05, 0.1) is 11.3 Å². The lowest BCUT2D eigenvalue weighted by Crippen LogP contribution is -1.96. The van der Waals surface area contributed by atoms with Gasteiger partial charge in [0.15, 0.2) is 0 Å². The number of carboxylic acid groups (broad SMARTS) is 1. The standard InChI is InChI=1S/C17H13NO3/c1-10-15-7-6-14(19)8-13(15)9-18-16(10)11-2-4-12(5-3-11)17(20)21/h2-9,19H,1H3,(H,20,21). The number of fused-ring (bicyclic) bond motifs is 1. The lowest BCUT2D eigenvalue weighted by atomic mass is 10.00. The van der Waals surface area contributed by atoms with E-state index in [1.807, 2.05) is 13.0 Å². The Balaban J connectivity index is 2.14. The third kappa shape index (κ3) is 2.31. The number of nitrogens with zero attached hydrogens (tertiary/aromatic N) is 1. The maximum absolute atomic E-state index is 10.9. The molecule has 3 aromatic rings. The number of hydrogen-bond donors (Lipinski definition) is 2. The second-order valence-corrected chi connectivity index (χ2v) is 4.89. The first-order valence-corrected chi connectivity index (χ1v) is 6.48. The molecule has 0 bridgehead atoms. The van der Waals surface area contributed by atoms with Crippen LogP contribution in [-0.2, 0) is 0 Å². The molecule has 1 aromatic heterocycles. The van der Waals surface area contributed by atoms with Crippen LogP contribution in [0.1, 0.15) is 15.9 Å². The first-order valence-electron chi connectivity index (χ1n) is 6.48. The van der Waals surface area contributed by atoms with E-state index in [0.29, 0.717) is 0 Å². The average molecular weight is 279 g/mol. The maximum Gasteiger partial charge on any atom is 0.335 e. The highest BCUT2D eigenvalue weighted by molar-refractivity contribution is 5.91. The quantitative estimate of drug-likeness (QED) is 0.751. The number of aryl methyl sites for hydroxylation is 1. The van der Waals surface area contributed by atoms with Crippen LogP contribution in [0.15, 0.2) is 48.7 Å². The zero-order valence-corrected chi connectivity index (χ0v) is 11.4. The highest BCUT2D eigenvalue weighted by Gasteiger charge is 2.09. The minimum absolute atomic E-state index is 0.210. The third-order valence-electron chi connectivity index (χ3n) is 3.53. The maximum atomic E-state index is 10.9. The minimum Gasteiger partial charge on any atom is -0.508 e. The van der Waals surface area contributed by atoms with Gasteiger partial charge in [-0.25, -0.2) is 4.79 Å². The lowest BCUT2D eigenvalue weighted by molar-refractivity contribution is 0.0697. The van der Waals surface area contributed by atoms with Crippen LogP contribution in [-0.4, -0.2) is 21.2 Å². The molecule has 0 amide bonds. The Hall–Kier alpha value is -2.88. The van der Waals surface area contributed by atoms with Crippen LogP contribution in [0.25, 0.3) is 22.0 Å². The molecule has 104 valence electrons. The second kappa shape index (κ2) is 4.90. The lowest BCUT2D eigenvalue weighted by Gasteiger charge is -2.09. The molecule has 4 nitrogen and oxygen atoms in total. The highest BCUT2D eigenvalue weighted by Crippen LogP contribution is 2.29. The van der Waals surface area contributed by atoms with Crippen molar-refractivity contribution in [2.45, 2.75) is 6.92 Å². The minimum atomic E-state index is -0.944. The molecular formula is C17H13NO3. The molecule has 0 spiro atoms. The summed E-state index contributed by atoms with van der Waals surface area (Å²) in [6, 6.07) is 11.8. The van der Waals surface area contributed by atoms with Gasteiger partial charge in [-0.15, -0.1) is 0 Å². The Bertz CT molecular complexity index is 839. The van der Waals surface area contributed by atoms with Gasteiger partial charge in [-0.2, -0.15) is 0 Å². The van der Waals surface area contributed by atoms with E-state index in [1.165, 1.54) is 0 Å². The molecule has 0 atom stereocenters. The fourth-order valence-corrected chi connectivity index (χ4v) is 2.42. The number of aromatic nitrogens is 1. The molecule has 0 saturated carbocycles. The summed E-state index contributed by atoms with van der Waals surface area (Å²) in [4.78, 5) is 15.3. The van der Waals surface area contributed by atoms with E-state index in [0.717, 1.165) is 27.6 Å². The smallest absolute Gasteiger partial charge is 0.335 e. The monoisotopic (exact) mass is 279 g/mol. The molecule has 2 aromatic carbocycles. The zero-order chi connectivity index (χ0) is 15.0. The molecule has 2 N–H and O–H groups in total. The van der Waals surface area contributed by atoms with E-state index in [-0.39, 0.29) is 11.3 Å². The summed E-state index contributed by atoms with van der Waals surface area (Å²) in [5.41, 5.74) is 2.93. The molecule has 0 unspecified atom stereocenters. The van der Waals surface area contributed by atoms with Crippen molar-refractivity contribution in [1.82, 2.24) is 4.98 Å². The van der Waals surface area contributed by atoms with Crippen molar-refractivity contribution in [3.8, 4) is 17.0 Å². The second-order valence-electron chi connectivity index (χ2n) is 4.89. The molecule has 0 saturated heterocycles. The normalized spacial score (nSPS) is 10.7. The van der Waals surface area contributed by atoms with Crippen molar-refractivity contribution in [2.24, 2.45) is 0 Å². The predicted octanol–water partition coefficient (Wildman–Crippen LogP) is 3.61.